The van der Waals surface area contributed by atoms with Crippen molar-refractivity contribution in [3.8, 4) is 0 Å². The summed E-state index contributed by atoms with van der Waals surface area (Å²) >= 11 is 6.36. The maximum absolute atomic E-state index is 6.36. The third kappa shape index (κ3) is 2.41. The molecule has 2 aromatic rings. The van der Waals surface area contributed by atoms with Gasteiger partial charge in [0.15, 0.2) is 0 Å². The first-order chi connectivity index (χ1) is 9.66. The number of para-hydroxylation sites is 1. The fourth-order valence-corrected chi connectivity index (χ4v) is 3.20. The molecule has 0 saturated carbocycles. The van der Waals surface area contributed by atoms with Crippen molar-refractivity contribution in [1.29, 1.82) is 0 Å². The van der Waals surface area contributed by atoms with E-state index in [1.54, 1.807) is 0 Å². The molecule has 0 amide bonds. The first kappa shape index (κ1) is 13.5. The highest BCUT2D eigenvalue weighted by Crippen LogP contribution is 2.35. The standard InChI is InChI=1S/C17H19ClN2/c1-12(19)15-9-8-14(11-16(15)18)20-10-4-6-13-5-2-3-7-17(13)20/h2-3,5,7-9,11-12H,4,6,10,19H2,1H3. The van der Waals surface area contributed by atoms with Gasteiger partial charge in [-0.1, -0.05) is 35.9 Å². The number of hydrogen-bond acceptors (Lipinski definition) is 2. The average Bonchev–Trinajstić information content (AvgIpc) is 2.46. The Labute approximate surface area is 125 Å². The molecule has 2 N–H and O–H groups in total. The van der Waals surface area contributed by atoms with Crippen molar-refractivity contribution in [1.82, 2.24) is 0 Å². The molecule has 2 aromatic carbocycles. The van der Waals surface area contributed by atoms with E-state index < -0.39 is 0 Å². The van der Waals surface area contributed by atoms with Crippen molar-refractivity contribution in [2.75, 3.05) is 11.4 Å². The van der Waals surface area contributed by atoms with Crippen LogP contribution in [0.25, 0.3) is 0 Å². The van der Waals surface area contributed by atoms with Gasteiger partial charge >= 0.3 is 0 Å². The molecule has 1 aliphatic heterocycles. The zero-order valence-corrected chi connectivity index (χ0v) is 12.4. The minimum atomic E-state index is -0.0369. The Balaban J connectivity index is 2.00. The second kappa shape index (κ2) is 5.47. The summed E-state index contributed by atoms with van der Waals surface area (Å²) in [7, 11) is 0. The van der Waals surface area contributed by atoms with Gasteiger partial charge in [0, 0.05) is 29.0 Å². The number of anilines is 2. The summed E-state index contributed by atoms with van der Waals surface area (Å²) in [4.78, 5) is 2.34. The molecule has 1 unspecified atom stereocenters. The number of fused-ring (bicyclic) bond motifs is 1. The lowest BCUT2D eigenvalue weighted by Gasteiger charge is -2.31. The van der Waals surface area contributed by atoms with E-state index in [2.05, 4.69) is 35.2 Å². The predicted molar refractivity (Wildman–Crippen MR) is 85.8 cm³/mol. The molecular formula is C17H19ClN2. The summed E-state index contributed by atoms with van der Waals surface area (Å²) in [5.74, 6) is 0. The number of rotatable bonds is 2. The Morgan fingerprint density at radius 1 is 1.20 bits per heavy atom. The van der Waals surface area contributed by atoms with E-state index >= 15 is 0 Å². The van der Waals surface area contributed by atoms with Gasteiger partial charge < -0.3 is 10.6 Å². The predicted octanol–water partition coefficient (Wildman–Crippen LogP) is 4.44. The normalized spacial score (nSPS) is 15.8. The smallest absolute Gasteiger partial charge is 0.0474 e. The van der Waals surface area contributed by atoms with E-state index in [0.717, 1.165) is 29.2 Å². The first-order valence-corrected chi connectivity index (χ1v) is 7.45. The molecule has 1 heterocycles. The van der Waals surface area contributed by atoms with Crippen LogP contribution in [0.2, 0.25) is 5.02 Å². The van der Waals surface area contributed by atoms with Gasteiger partial charge in [-0.25, -0.2) is 0 Å². The Bertz CT molecular complexity index is 622. The van der Waals surface area contributed by atoms with Crippen molar-refractivity contribution in [3.63, 3.8) is 0 Å². The number of aryl methyl sites for hydroxylation is 1. The largest absolute Gasteiger partial charge is 0.341 e. The molecule has 0 bridgehead atoms. The molecule has 20 heavy (non-hydrogen) atoms. The van der Waals surface area contributed by atoms with Crippen LogP contribution in [0.15, 0.2) is 42.5 Å². The maximum Gasteiger partial charge on any atom is 0.0474 e. The van der Waals surface area contributed by atoms with E-state index in [-0.39, 0.29) is 6.04 Å². The van der Waals surface area contributed by atoms with E-state index in [9.17, 15) is 0 Å². The summed E-state index contributed by atoms with van der Waals surface area (Å²) in [6, 6.07) is 14.7. The van der Waals surface area contributed by atoms with Gasteiger partial charge in [0.25, 0.3) is 0 Å². The molecule has 104 valence electrons. The van der Waals surface area contributed by atoms with Gasteiger partial charge in [-0.15, -0.1) is 0 Å². The molecule has 1 aliphatic rings. The van der Waals surface area contributed by atoms with Gasteiger partial charge in [0.05, 0.1) is 0 Å². The molecule has 3 heteroatoms. The number of halogens is 1. The zero-order chi connectivity index (χ0) is 14.1. The fraction of sp³-hybridized carbons (Fsp3) is 0.294. The topological polar surface area (TPSA) is 29.3 Å². The van der Waals surface area contributed by atoms with Crippen LogP contribution in [-0.2, 0) is 6.42 Å². The van der Waals surface area contributed by atoms with Crippen LogP contribution in [0, 0.1) is 0 Å². The van der Waals surface area contributed by atoms with Crippen molar-refractivity contribution in [2.24, 2.45) is 5.73 Å². The second-order valence-corrected chi connectivity index (χ2v) is 5.79. The van der Waals surface area contributed by atoms with Crippen LogP contribution in [0.5, 0.6) is 0 Å². The molecule has 0 fully saturated rings. The summed E-state index contributed by atoms with van der Waals surface area (Å²) in [6.07, 6.45) is 2.32. The van der Waals surface area contributed by atoms with Crippen LogP contribution in [-0.4, -0.2) is 6.54 Å². The highest BCUT2D eigenvalue weighted by atomic mass is 35.5. The van der Waals surface area contributed by atoms with Gasteiger partial charge in [0.2, 0.25) is 0 Å². The second-order valence-electron chi connectivity index (χ2n) is 5.38. The van der Waals surface area contributed by atoms with Gasteiger partial charge in [-0.2, -0.15) is 0 Å². The van der Waals surface area contributed by atoms with Crippen LogP contribution in [0.4, 0.5) is 11.4 Å². The van der Waals surface area contributed by atoms with E-state index in [4.69, 9.17) is 17.3 Å². The van der Waals surface area contributed by atoms with Gasteiger partial charge in [-0.05, 0) is 49.1 Å². The lowest BCUT2D eigenvalue weighted by molar-refractivity contribution is 0.765. The molecule has 0 aliphatic carbocycles. The number of nitrogens with zero attached hydrogens (tertiary/aromatic N) is 1. The highest BCUT2D eigenvalue weighted by Gasteiger charge is 2.18. The quantitative estimate of drug-likeness (QED) is 0.884. The number of nitrogens with two attached hydrogens (primary N) is 1. The van der Waals surface area contributed by atoms with Gasteiger partial charge in [-0.3, -0.25) is 0 Å². The van der Waals surface area contributed by atoms with E-state index in [1.807, 2.05) is 19.1 Å². The minimum absolute atomic E-state index is 0.0369. The van der Waals surface area contributed by atoms with Crippen molar-refractivity contribution >= 4 is 23.0 Å². The molecule has 2 nitrogen and oxygen atoms in total. The monoisotopic (exact) mass is 286 g/mol. The van der Waals surface area contributed by atoms with Crippen molar-refractivity contribution < 1.29 is 0 Å². The summed E-state index contributed by atoms with van der Waals surface area (Å²) in [5, 5.41) is 0.751. The number of benzene rings is 2. The zero-order valence-electron chi connectivity index (χ0n) is 11.6. The Morgan fingerprint density at radius 3 is 2.75 bits per heavy atom. The molecule has 0 spiro atoms. The van der Waals surface area contributed by atoms with Crippen molar-refractivity contribution in [3.05, 3.63) is 58.6 Å². The molecule has 0 saturated heterocycles. The molecule has 3 rings (SSSR count). The van der Waals surface area contributed by atoms with Crippen LogP contribution in [0.3, 0.4) is 0 Å². The highest BCUT2D eigenvalue weighted by molar-refractivity contribution is 6.31. The van der Waals surface area contributed by atoms with Crippen molar-refractivity contribution in [2.45, 2.75) is 25.8 Å². The van der Waals surface area contributed by atoms with Gasteiger partial charge in [0.1, 0.15) is 0 Å². The van der Waals surface area contributed by atoms with Crippen LogP contribution in [0.1, 0.15) is 30.5 Å². The third-order valence-corrected chi connectivity index (χ3v) is 4.22. The van der Waals surface area contributed by atoms with Crippen LogP contribution >= 0.6 is 11.6 Å². The lowest BCUT2D eigenvalue weighted by Crippen LogP contribution is -2.24. The first-order valence-electron chi connectivity index (χ1n) is 7.07. The molecule has 1 atom stereocenters. The maximum atomic E-state index is 6.36. The summed E-state index contributed by atoms with van der Waals surface area (Å²) in [6.45, 7) is 2.99. The molecule has 0 radical (unpaired) electrons. The summed E-state index contributed by atoms with van der Waals surface area (Å²) < 4.78 is 0. The lowest BCUT2D eigenvalue weighted by atomic mass is 10.0. The SMILES string of the molecule is CC(N)c1ccc(N2CCCc3ccccc32)cc1Cl. The Kier molecular flexibility index (Phi) is 3.68. The summed E-state index contributed by atoms with van der Waals surface area (Å²) in [5.41, 5.74) is 10.8. The van der Waals surface area contributed by atoms with E-state index in [0.29, 0.717) is 0 Å². The van der Waals surface area contributed by atoms with Crippen LogP contribution < -0.4 is 10.6 Å². The Morgan fingerprint density at radius 2 is 2.00 bits per heavy atom. The average molecular weight is 287 g/mol. The molecular weight excluding hydrogens is 268 g/mol. The Hall–Kier alpha value is -1.51. The third-order valence-electron chi connectivity index (χ3n) is 3.90. The fourth-order valence-electron chi connectivity index (χ4n) is 2.86. The van der Waals surface area contributed by atoms with E-state index in [1.165, 1.54) is 17.7 Å². The molecule has 0 aromatic heterocycles. The minimum Gasteiger partial charge on any atom is -0.341 e. The number of hydrogen-bond donors (Lipinski definition) is 1.